The van der Waals surface area contributed by atoms with Crippen molar-refractivity contribution in [1.29, 1.82) is 0 Å². The summed E-state index contributed by atoms with van der Waals surface area (Å²) in [7, 11) is 4.15. The maximum Gasteiger partial charge on any atom is 0.170 e. The van der Waals surface area contributed by atoms with E-state index >= 15 is 0 Å². The quantitative estimate of drug-likeness (QED) is 0.768. The van der Waals surface area contributed by atoms with E-state index in [0.717, 1.165) is 16.7 Å². The van der Waals surface area contributed by atoms with E-state index in [0.29, 0.717) is 5.11 Å². The summed E-state index contributed by atoms with van der Waals surface area (Å²) in [5, 5.41) is 7.12. The predicted molar refractivity (Wildman–Crippen MR) is 101 cm³/mol. The fraction of sp³-hybridized carbons (Fsp3) is 0.235. The molecule has 0 unspecified atom stereocenters. The van der Waals surface area contributed by atoms with Crippen molar-refractivity contribution in [2.75, 3.05) is 26.0 Å². The predicted octanol–water partition coefficient (Wildman–Crippen LogP) is 4.04. The molecule has 0 aromatic heterocycles. The number of rotatable bonds is 5. The Morgan fingerprint density at radius 1 is 1.14 bits per heavy atom. The molecule has 0 saturated heterocycles. The highest BCUT2D eigenvalue weighted by molar-refractivity contribution is 9.10. The van der Waals surface area contributed by atoms with Crippen LogP contribution in [0.25, 0.3) is 0 Å². The Labute approximate surface area is 145 Å². The minimum absolute atomic E-state index is 0.267. The first-order valence-electron chi connectivity index (χ1n) is 7.08. The summed E-state index contributed by atoms with van der Waals surface area (Å²) in [4.78, 5) is 2.18. The minimum Gasteiger partial charge on any atom is -0.361 e. The van der Waals surface area contributed by atoms with Gasteiger partial charge < -0.3 is 15.5 Å². The first-order valence-corrected chi connectivity index (χ1v) is 8.28. The summed E-state index contributed by atoms with van der Waals surface area (Å²) < 4.78 is 1.02. The highest BCUT2D eigenvalue weighted by atomic mass is 79.9. The van der Waals surface area contributed by atoms with Crippen LogP contribution in [0.1, 0.15) is 11.6 Å². The van der Waals surface area contributed by atoms with Crippen molar-refractivity contribution in [3.05, 3.63) is 64.6 Å². The Balaban J connectivity index is 1.94. The van der Waals surface area contributed by atoms with Gasteiger partial charge in [-0.3, -0.25) is 0 Å². The van der Waals surface area contributed by atoms with Gasteiger partial charge in [0.2, 0.25) is 0 Å². The third-order valence-electron chi connectivity index (χ3n) is 3.35. The van der Waals surface area contributed by atoms with E-state index < -0.39 is 0 Å². The van der Waals surface area contributed by atoms with Gasteiger partial charge >= 0.3 is 0 Å². The summed E-state index contributed by atoms with van der Waals surface area (Å²) in [6, 6.07) is 18.6. The van der Waals surface area contributed by atoms with Crippen LogP contribution in [0.15, 0.2) is 59.1 Å². The van der Waals surface area contributed by atoms with Crippen LogP contribution in [0.3, 0.4) is 0 Å². The fourth-order valence-electron chi connectivity index (χ4n) is 2.20. The number of likely N-dealkylation sites (N-methyl/N-ethyl adjacent to an activating group) is 1. The maximum atomic E-state index is 5.38. The van der Waals surface area contributed by atoms with Crippen LogP contribution < -0.4 is 10.6 Å². The van der Waals surface area contributed by atoms with E-state index in [1.807, 2.05) is 30.3 Å². The molecular formula is C17H20BrN3S. The summed E-state index contributed by atoms with van der Waals surface area (Å²) >= 11 is 8.83. The molecule has 0 heterocycles. The monoisotopic (exact) mass is 377 g/mol. The molecule has 0 radical (unpaired) electrons. The molecule has 0 fully saturated rings. The van der Waals surface area contributed by atoms with Gasteiger partial charge in [0.15, 0.2) is 5.11 Å². The third-order valence-corrected chi connectivity index (χ3v) is 4.09. The smallest absolute Gasteiger partial charge is 0.170 e. The van der Waals surface area contributed by atoms with Crippen LogP contribution in [0.4, 0.5) is 5.69 Å². The van der Waals surface area contributed by atoms with Crippen molar-refractivity contribution in [2.45, 2.75) is 6.04 Å². The van der Waals surface area contributed by atoms with Crippen molar-refractivity contribution in [2.24, 2.45) is 0 Å². The van der Waals surface area contributed by atoms with Crippen molar-refractivity contribution in [3.63, 3.8) is 0 Å². The van der Waals surface area contributed by atoms with Crippen LogP contribution in [-0.4, -0.2) is 30.7 Å². The number of anilines is 1. The van der Waals surface area contributed by atoms with E-state index in [4.69, 9.17) is 12.2 Å². The van der Waals surface area contributed by atoms with Crippen LogP contribution >= 0.6 is 28.1 Å². The van der Waals surface area contributed by atoms with E-state index in [9.17, 15) is 0 Å². The molecule has 2 aromatic carbocycles. The zero-order chi connectivity index (χ0) is 15.9. The van der Waals surface area contributed by atoms with Gasteiger partial charge in [0.05, 0.1) is 6.04 Å². The number of nitrogens with one attached hydrogen (secondary N) is 2. The molecule has 116 valence electrons. The topological polar surface area (TPSA) is 27.3 Å². The number of hydrogen-bond donors (Lipinski definition) is 2. The van der Waals surface area contributed by atoms with Gasteiger partial charge in [0, 0.05) is 16.7 Å². The second kappa shape index (κ2) is 8.27. The van der Waals surface area contributed by atoms with Crippen molar-refractivity contribution >= 4 is 38.9 Å². The lowest BCUT2D eigenvalue weighted by atomic mass is 10.1. The van der Waals surface area contributed by atoms with Crippen LogP contribution in [0.5, 0.6) is 0 Å². The van der Waals surface area contributed by atoms with Gasteiger partial charge in [-0.1, -0.05) is 52.3 Å². The molecular weight excluding hydrogens is 358 g/mol. The maximum absolute atomic E-state index is 5.38. The van der Waals surface area contributed by atoms with Crippen molar-refractivity contribution in [3.8, 4) is 0 Å². The van der Waals surface area contributed by atoms with Gasteiger partial charge in [0.1, 0.15) is 0 Å². The Morgan fingerprint density at radius 2 is 1.86 bits per heavy atom. The summed E-state index contributed by atoms with van der Waals surface area (Å²) in [6.45, 7) is 0.747. The molecule has 0 aliphatic carbocycles. The molecule has 0 bridgehead atoms. The summed E-state index contributed by atoms with van der Waals surface area (Å²) in [6.07, 6.45) is 0. The molecule has 0 spiro atoms. The molecule has 0 amide bonds. The average molecular weight is 378 g/mol. The fourth-order valence-corrected chi connectivity index (χ4v) is 2.81. The number of halogens is 1. The minimum atomic E-state index is 0.267. The standard InChI is InChI=1S/C17H20BrN3S/c1-21(2)16(13-7-4-3-5-8-13)12-19-17(22)20-15-10-6-9-14(18)11-15/h3-11,16H,12H2,1-2H3,(H2,19,20,22)/t16-/m0/s1. The number of nitrogens with zero attached hydrogens (tertiary/aromatic N) is 1. The molecule has 5 heteroatoms. The van der Waals surface area contributed by atoms with Gasteiger partial charge in [-0.05, 0) is 50.1 Å². The molecule has 22 heavy (non-hydrogen) atoms. The van der Waals surface area contributed by atoms with Crippen LogP contribution in [0, 0.1) is 0 Å². The molecule has 3 nitrogen and oxygen atoms in total. The molecule has 2 rings (SSSR count). The number of hydrogen-bond acceptors (Lipinski definition) is 2. The first-order chi connectivity index (χ1) is 10.6. The molecule has 2 N–H and O–H groups in total. The zero-order valence-corrected chi connectivity index (χ0v) is 15.1. The van der Waals surface area contributed by atoms with Gasteiger partial charge in [0.25, 0.3) is 0 Å². The Kier molecular flexibility index (Phi) is 6.36. The largest absolute Gasteiger partial charge is 0.361 e. The zero-order valence-electron chi connectivity index (χ0n) is 12.7. The number of thiocarbonyl (C=S) groups is 1. The van der Waals surface area contributed by atoms with Gasteiger partial charge in [-0.15, -0.1) is 0 Å². The second-order valence-corrected chi connectivity index (χ2v) is 6.56. The van der Waals surface area contributed by atoms with Crippen LogP contribution in [0.2, 0.25) is 0 Å². The number of benzene rings is 2. The van der Waals surface area contributed by atoms with Gasteiger partial charge in [-0.25, -0.2) is 0 Å². The van der Waals surface area contributed by atoms with Crippen molar-refractivity contribution < 1.29 is 0 Å². The van der Waals surface area contributed by atoms with E-state index in [2.05, 4.69) is 69.8 Å². The highest BCUT2D eigenvalue weighted by Gasteiger charge is 2.13. The van der Waals surface area contributed by atoms with Crippen LogP contribution in [-0.2, 0) is 0 Å². The summed E-state index contributed by atoms with van der Waals surface area (Å²) in [5.74, 6) is 0. The Bertz CT molecular complexity index is 616. The lowest BCUT2D eigenvalue weighted by Gasteiger charge is -2.25. The van der Waals surface area contributed by atoms with E-state index in [1.54, 1.807) is 0 Å². The highest BCUT2D eigenvalue weighted by Crippen LogP contribution is 2.17. The Hall–Kier alpha value is -1.43. The first kappa shape index (κ1) is 16.9. The van der Waals surface area contributed by atoms with E-state index in [1.165, 1.54) is 5.56 Å². The molecule has 2 aromatic rings. The van der Waals surface area contributed by atoms with E-state index in [-0.39, 0.29) is 6.04 Å². The Morgan fingerprint density at radius 3 is 2.50 bits per heavy atom. The van der Waals surface area contributed by atoms with Crippen molar-refractivity contribution in [1.82, 2.24) is 10.2 Å². The second-order valence-electron chi connectivity index (χ2n) is 5.24. The molecule has 0 saturated carbocycles. The average Bonchev–Trinajstić information content (AvgIpc) is 2.48. The lowest BCUT2D eigenvalue weighted by molar-refractivity contribution is 0.299. The normalized spacial score (nSPS) is 12.0. The SMILES string of the molecule is CN(C)[C@@H](CNC(=S)Nc1cccc(Br)c1)c1ccccc1. The molecule has 0 aliphatic rings. The molecule has 1 atom stereocenters. The molecule has 0 aliphatic heterocycles. The third kappa shape index (κ3) is 5.09. The lowest BCUT2D eigenvalue weighted by Crippen LogP contribution is -2.36. The van der Waals surface area contributed by atoms with Gasteiger partial charge in [-0.2, -0.15) is 0 Å². The summed E-state index contributed by atoms with van der Waals surface area (Å²) in [5.41, 5.74) is 2.23.